The molecule has 0 bridgehead atoms. The van der Waals surface area contributed by atoms with Crippen LogP contribution in [0.4, 0.5) is 0 Å². The Kier molecular flexibility index (Phi) is 3.84. The molecule has 0 fully saturated rings. The van der Waals surface area contributed by atoms with Gasteiger partial charge in [0.25, 0.3) is 0 Å². The molecule has 1 heterocycles. The molecule has 0 aliphatic heterocycles. The maximum absolute atomic E-state index is 4.48. The second-order valence-electron chi connectivity index (χ2n) is 4.54. The monoisotopic (exact) mass is 247 g/mol. The molecule has 0 saturated carbocycles. The number of benzene rings is 1. The number of aromatic nitrogens is 3. The molecule has 2 rings (SSSR count). The Hall–Kier alpha value is -1.29. The van der Waals surface area contributed by atoms with Crippen LogP contribution in [0.25, 0.3) is 11.4 Å². The molecule has 4 heteroatoms. The lowest BCUT2D eigenvalue weighted by Crippen LogP contribution is -1.90. The molecule has 0 unspecified atom stereocenters. The van der Waals surface area contributed by atoms with Crippen LogP contribution in [0.15, 0.2) is 29.4 Å². The Morgan fingerprint density at radius 2 is 1.94 bits per heavy atom. The number of nitrogens with zero attached hydrogens (tertiary/aromatic N) is 2. The van der Waals surface area contributed by atoms with Crippen molar-refractivity contribution in [1.82, 2.24) is 15.2 Å². The predicted molar refractivity (Wildman–Crippen MR) is 72.1 cm³/mol. The summed E-state index contributed by atoms with van der Waals surface area (Å²) in [6.07, 6.45) is 0. The van der Waals surface area contributed by atoms with Gasteiger partial charge in [-0.15, -0.1) is 5.10 Å². The third-order valence-electron chi connectivity index (χ3n) is 2.34. The van der Waals surface area contributed by atoms with Crippen molar-refractivity contribution in [2.45, 2.75) is 25.9 Å². The quantitative estimate of drug-likeness (QED) is 0.840. The number of hydrogen-bond acceptors (Lipinski definition) is 3. The van der Waals surface area contributed by atoms with Gasteiger partial charge in [-0.25, -0.2) is 4.98 Å². The van der Waals surface area contributed by atoms with E-state index in [0.717, 1.165) is 22.3 Å². The van der Waals surface area contributed by atoms with Gasteiger partial charge in [-0.3, -0.25) is 5.10 Å². The average molecular weight is 247 g/mol. The number of thioether (sulfide) groups is 1. The van der Waals surface area contributed by atoms with Crippen LogP contribution in [0.2, 0.25) is 0 Å². The zero-order valence-electron chi connectivity index (χ0n) is 10.4. The SMILES string of the molecule is Cc1ccc(-c2nc(SCC(C)C)n[nH]2)cc1. The molecule has 0 aliphatic carbocycles. The first-order valence-corrected chi connectivity index (χ1v) is 6.76. The molecule has 0 saturated heterocycles. The van der Waals surface area contributed by atoms with Crippen molar-refractivity contribution < 1.29 is 0 Å². The zero-order chi connectivity index (χ0) is 12.3. The van der Waals surface area contributed by atoms with Crippen LogP contribution in [0.1, 0.15) is 19.4 Å². The Bertz CT molecular complexity index is 474. The summed E-state index contributed by atoms with van der Waals surface area (Å²) in [6.45, 7) is 6.47. The highest BCUT2D eigenvalue weighted by molar-refractivity contribution is 7.99. The number of hydrogen-bond donors (Lipinski definition) is 1. The molecule has 1 aromatic heterocycles. The fourth-order valence-corrected chi connectivity index (χ4v) is 2.14. The molecular formula is C13H17N3S. The van der Waals surface area contributed by atoms with Gasteiger partial charge in [0.1, 0.15) is 0 Å². The van der Waals surface area contributed by atoms with Gasteiger partial charge in [-0.2, -0.15) is 0 Å². The second-order valence-corrected chi connectivity index (χ2v) is 5.52. The number of aryl methyl sites for hydroxylation is 1. The number of rotatable bonds is 4. The first-order valence-electron chi connectivity index (χ1n) is 5.77. The largest absolute Gasteiger partial charge is 0.258 e. The van der Waals surface area contributed by atoms with E-state index in [9.17, 15) is 0 Å². The highest BCUT2D eigenvalue weighted by atomic mass is 32.2. The van der Waals surface area contributed by atoms with E-state index < -0.39 is 0 Å². The number of H-pyrrole nitrogens is 1. The topological polar surface area (TPSA) is 41.6 Å². The number of nitrogens with one attached hydrogen (secondary N) is 1. The highest BCUT2D eigenvalue weighted by Gasteiger charge is 2.06. The molecule has 0 aliphatic rings. The molecule has 0 spiro atoms. The van der Waals surface area contributed by atoms with Gasteiger partial charge < -0.3 is 0 Å². The van der Waals surface area contributed by atoms with Gasteiger partial charge in [0, 0.05) is 11.3 Å². The second kappa shape index (κ2) is 5.36. The molecule has 1 N–H and O–H groups in total. The van der Waals surface area contributed by atoms with E-state index in [-0.39, 0.29) is 0 Å². The van der Waals surface area contributed by atoms with Gasteiger partial charge in [0.15, 0.2) is 5.82 Å². The van der Waals surface area contributed by atoms with E-state index in [2.05, 4.69) is 60.2 Å². The number of aromatic amines is 1. The molecule has 90 valence electrons. The molecular weight excluding hydrogens is 230 g/mol. The van der Waals surface area contributed by atoms with Crippen LogP contribution in [-0.2, 0) is 0 Å². The highest BCUT2D eigenvalue weighted by Crippen LogP contribution is 2.20. The van der Waals surface area contributed by atoms with Crippen molar-refractivity contribution in [3.05, 3.63) is 29.8 Å². The summed E-state index contributed by atoms with van der Waals surface area (Å²) in [4.78, 5) is 4.48. The minimum absolute atomic E-state index is 0.654. The van der Waals surface area contributed by atoms with Crippen molar-refractivity contribution in [2.75, 3.05) is 5.75 Å². The Morgan fingerprint density at radius 1 is 1.24 bits per heavy atom. The molecule has 17 heavy (non-hydrogen) atoms. The van der Waals surface area contributed by atoms with Crippen molar-refractivity contribution in [3.63, 3.8) is 0 Å². The normalized spacial score (nSPS) is 11.1. The van der Waals surface area contributed by atoms with E-state index in [1.165, 1.54) is 5.56 Å². The van der Waals surface area contributed by atoms with Gasteiger partial charge in [0.2, 0.25) is 5.16 Å². The van der Waals surface area contributed by atoms with Crippen LogP contribution in [0.3, 0.4) is 0 Å². The summed E-state index contributed by atoms with van der Waals surface area (Å²) in [6, 6.07) is 8.29. The first kappa shape index (κ1) is 12.2. The standard InChI is InChI=1S/C13H17N3S/c1-9(2)8-17-13-14-12(15-16-13)11-6-4-10(3)5-7-11/h4-7,9H,8H2,1-3H3,(H,14,15,16). The van der Waals surface area contributed by atoms with Gasteiger partial charge >= 0.3 is 0 Å². The van der Waals surface area contributed by atoms with E-state index in [0.29, 0.717) is 5.92 Å². The summed E-state index contributed by atoms with van der Waals surface area (Å²) >= 11 is 1.69. The third-order valence-corrected chi connectivity index (χ3v) is 3.61. The van der Waals surface area contributed by atoms with Crippen molar-refractivity contribution in [2.24, 2.45) is 5.92 Å². The fraction of sp³-hybridized carbons (Fsp3) is 0.385. The lowest BCUT2D eigenvalue weighted by Gasteiger charge is -1.99. The van der Waals surface area contributed by atoms with Crippen molar-refractivity contribution in [3.8, 4) is 11.4 Å². The minimum Gasteiger partial charge on any atom is -0.258 e. The maximum Gasteiger partial charge on any atom is 0.208 e. The molecule has 1 aromatic carbocycles. The van der Waals surface area contributed by atoms with Crippen LogP contribution in [-0.4, -0.2) is 20.9 Å². The van der Waals surface area contributed by atoms with Crippen LogP contribution >= 0.6 is 11.8 Å². The summed E-state index contributed by atoms with van der Waals surface area (Å²) in [5.41, 5.74) is 2.34. The zero-order valence-corrected chi connectivity index (χ0v) is 11.2. The smallest absolute Gasteiger partial charge is 0.208 e. The minimum atomic E-state index is 0.654. The van der Waals surface area contributed by atoms with Crippen LogP contribution in [0, 0.1) is 12.8 Å². The van der Waals surface area contributed by atoms with Gasteiger partial charge in [0.05, 0.1) is 0 Å². The van der Waals surface area contributed by atoms with Crippen molar-refractivity contribution in [1.29, 1.82) is 0 Å². The van der Waals surface area contributed by atoms with E-state index >= 15 is 0 Å². The summed E-state index contributed by atoms with van der Waals surface area (Å²) in [5, 5.41) is 8.03. The fourth-order valence-electron chi connectivity index (χ4n) is 1.39. The van der Waals surface area contributed by atoms with Gasteiger partial charge in [-0.1, -0.05) is 55.4 Å². The lowest BCUT2D eigenvalue weighted by molar-refractivity contribution is 0.748. The maximum atomic E-state index is 4.48. The average Bonchev–Trinajstić information content (AvgIpc) is 2.76. The Morgan fingerprint density at radius 3 is 2.59 bits per heavy atom. The molecule has 0 amide bonds. The summed E-state index contributed by atoms with van der Waals surface area (Å²) < 4.78 is 0. The molecule has 3 nitrogen and oxygen atoms in total. The van der Waals surface area contributed by atoms with E-state index in [1.54, 1.807) is 11.8 Å². The van der Waals surface area contributed by atoms with E-state index in [1.807, 2.05) is 0 Å². The lowest BCUT2D eigenvalue weighted by atomic mass is 10.1. The Balaban J connectivity index is 2.10. The van der Waals surface area contributed by atoms with Crippen molar-refractivity contribution >= 4 is 11.8 Å². The van der Waals surface area contributed by atoms with Crippen LogP contribution in [0.5, 0.6) is 0 Å². The summed E-state index contributed by atoms with van der Waals surface area (Å²) in [5.74, 6) is 2.54. The Labute approximate surface area is 106 Å². The van der Waals surface area contributed by atoms with Crippen LogP contribution < -0.4 is 0 Å². The third kappa shape index (κ3) is 3.33. The first-order chi connectivity index (χ1) is 8.15. The van der Waals surface area contributed by atoms with E-state index in [4.69, 9.17) is 0 Å². The molecule has 0 radical (unpaired) electrons. The van der Waals surface area contributed by atoms with Gasteiger partial charge in [-0.05, 0) is 12.8 Å². The predicted octanol–water partition coefficient (Wildman–Crippen LogP) is 3.53. The summed E-state index contributed by atoms with van der Waals surface area (Å²) in [7, 11) is 0. The molecule has 2 aromatic rings. The molecule has 0 atom stereocenters.